The molecule has 1 aromatic heterocycles. The highest BCUT2D eigenvalue weighted by atomic mass is 32.2. The summed E-state index contributed by atoms with van der Waals surface area (Å²) in [6.07, 6.45) is 1.77. The minimum Gasteiger partial charge on any atom is -0.375 e. The maximum absolute atomic E-state index is 11.4. The molecule has 0 spiro atoms. The van der Waals surface area contributed by atoms with Crippen molar-refractivity contribution in [3.05, 3.63) is 11.1 Å². The topological polar surface area (TPSA) is 102 Å². The van der Waals surface area contributed by atoms with Gasteiger partial charge in [-0.3, -0.25) is 4.79 Å². The number of hydrogen-bond acceptors (Lipinski definition) is 6. The van der Waals surface area contributed by atoms with Crippen molar-refractivity contribution in [2.45, 2.75) is 12.8 Å². The number of rotatable bonds is 6. The van der Waals surface area contributed by atoms with Crippen LogP contribution >= 0.6 is 11.3 Å². The van der Waals surface area contributed by atoms with Crippen LogP contribution in [0.2, 0.25) is 0 Å². The van der Waals surface area contributed by atoms with E-state index in [9.17, 15) is 13.2 Å². The number of thiazole rings is 1. The molecule has 1 rings (SSSR count). The molecule has 0 atom stereocenters. The Morgan fingerprint density at radius 1 is 1.59 bits per heavy atom. The lowest BCUT2D eigenvalue weighted by atomic mass is 10.3. The second-order valence-corrected chi connectivity index (χ2v) is 6.84. The number of carbonyl (C=O) groups excluding carboxylic acids is 1. The lowest BCUT2D eigenvalue weighted by Gasteiger charge is -2.03. The number of nitrogen functional groups attached to an aromatic ring is 1. The zero-order valence-corrected chi connectivity index (χ0v) is 11.1. The standard InChI is InChI=1S/C9H15N3O3S2/c1-17(14,15)4-2-3-11-8(13)5-7-6-16-9(10)12-7/h6H,2-5H2,1H3,(H2,10,12)(H,11,13). The molecule has 3 N–H and O–H groups in total. The third-order valence-electron chi connectivity index (χ3n) is 1.93. The Labute approximate surface area is 104 Å². The van der Waals surface area contributed by atoms with Crippen LogP contribution in [0.4, 0.5) is 5.13 Å². The molecule has 0 aliphatic carbocycles. The van der Waals surface area contributed by atoms with Gasteiger partial charge in [-0.25, -0.2) is 13.4 Å². The molecule has 1 heterocycles. The van der Waals surface area contributed by atoms with Gasteiger partial charge in [-0.15, -0.1) is 11.3 Å². The molecule has 0 aromatic carbocycles. The second-order valence-electron chi connectivity index (χ2n) is 3.69. The van der Waals surface area contributed by atoms with E-state index in [2.05, 4.69) is 10.3 Å². The van der Waals surface area contributed by atoms with Gasteiger partial charge in [0.15, 0.2) is 5.13 Å². The van der Waals surface area contributed by atoms with E-state index in [1.165, 1.54) is 17.6 Å². The first-order valence-corrected chi connectivity index (χ1v) is 7.95. The average molecular weight is 277 g/mol. The zero-order valence-electron chi connectivity index (χ0n) is 9.47. The third kappa shape index (κ3) is 6.22. The van der Waals surface area contributed by atoms with E-state index >= 15 is 0 Å². The molecule has 0 unspecified atom stereocenters. The monoisotopic (exact) mass is 277 g/mol. The highest BCUT2D eigenvalue weighted by Crippen LogP contribution is 2.11. The fraction of sp³-hybridized carbons (Fsp3) is 0.556. The first kappa shape index (κ1) is 13.9. The summed E-state index contributed by atoms with van der Waals surface area (Å²) in [5, 5.41) is 4.80. The van der Waals surface area contributed by atoms with E-state index in [1.54, 1.807) is 5.38 Å². The molecule has 17 heavy (non-hydrogen) atoms. The van der Waals surface area contributed by atoms with Crippen molar-refractivity contribution in [2.75, 3.05) is 24.3 Å². The molecule has 0 aliphatic heterocycles. The Kier molecular flexibility index (Phi) is 4.88. The molecule has 0 saturated carbocycles. The predicted molar refractivity (Wildman–Crippen MR) is 67.6 cm³/mol. The van der Waals surface area contributed by atoms with E-state index in [4.69, 9.17) is 5.73 Å². The summed E-state index contributed by atoms with van der Waals surface area (Å²) in [6.45, 7) is 0.353. The number of carbonyl (C=O) groups is 1. The van der Waals surface area contributed by atoms with Crippen molar-refractivity contribution in [1.82, 2.24) is 10.3 Å². The summed E-state index contributed by atoms with van der Waals surface area (Å²) in [6, 6.07) is 0. The van der Waals surface area contributed by atoms with Crippen LogP contribution in [-0.4, -0.2) is 37.9 Å². The van der Waals surface area contributed by atoms with Gasteiger partial charge in [0.05, 0.1) is 17.9 Å². The van der Waals surface area contributed by atoms with Gasteiger partial charge in [0, 0.05) is 18.2 Å². The SMILES string of the molecule is CS(=O)(=O)CCCNC(=O)Cc1csc(N)n1. The van der Waals surface area contributed by atoms with Gasteiger partial charge in [0.1, 0.15) is 9.84 Å². The Morgan fingerprint density at radius 3 is 2.82 bits per heavy atom. The summed E-state index contributed by atoms with van der Waals surface area (Å²) in [7, 11) is -2.96. The van der Waals surface area contributed by atoms with Gasteiger partial charge in [-0.1, -0.05) is 0 Å². The first-order valence-electron chi connectivity index (χ1n) is 5.01. The van der Waals surface area contributed by atoms with Gasteiger partial charge in [0.2, 0.25) is 5.91 Å². The Bertz CT molecular complexity index is 481. The quantitative estimate of drug-likeness (QED) is 0.702. The number of nitrogens with one attached hydrogen (secondary N) is 1. The molecule has 0 aliphatic rings. The number of amides is 1. The number of hydrogen-bond donors (Lipinski definition) is 2. The highest BCUT2D eigenvalue weighted by molar-refractivity contribution is 7.90. The molecule has 96 valence electrons. The summed E-state index contributed by atoms with van der Waals surface area (Å²) < 4.78 is 21.7. The summed E-state index contributed by atoms with van der Waals surface area (Å²) in [5.41, 5.74) is 6.07. The maximum atomic E-state index is 11.4. The van der Waals surface area contributed by atoms with E-state index in [0.717, 1.165) is 0 Å². The smallest absolute Gasteiger partial charge is 0.226 e. The normalized spacial score (nSPS) is 11.4. The van der Waals surface area contributed by atoms with Crippen molar-refractivity contribution in [3.63, 3.8) is 0 Å². The molecule has 0 saturated heterocycles. The Hall–Kier alpha value is -1.15. The zero-order chi connectivity index (χ0) is 12.9. The van der Waals surface area contributed by atoms with Crippen LogP contribution < -0.4 is 11.1 Å². The van der Waals surface area contributed by atoms with E-state index in [0.29, 0.717) is 23.8 Å². The molecular weight excluding hydrogens is 262 g/mol. The fourth-order valence-corrected chi connectivity index (χ4v) is 2.42. The molecular formula is C9H15N3O3S2. The second kappa shape index (κ2) is 5.97. The fourth-order valence-electron chi connectivity index (χ4n) is 1.19. The van der Waals surface area contributed by atoms with Crippen LogP contribution in [-0.2, 0) is 21.1 Å². The van der Waals surface area contributed by atoms with Crippen LogP contribution in [0.3, 0.4) is 0 Å². The number of anilines is 1. The molecule has 8 heteroatoms. The maximum Gasteiger partial charge on any atom is 0.226 e. The van der Waals surface area contributed by atoms with Crippen LogP contribution in [0.15, 0.2) is 5.38 Å². The number of sulfone groups is 1. The Morgan fingerprint density at radius 2 is 2.29 bits per heavy atom. The predicted octanol–water partition coefficient (Wildman–Crippen LogP) is -0.181. The van der Waals surface area contributed by atoms with Gasteiger partial charge in [0.25, 0.3) is 0 Å². The van der Waals surface area contributed by atoms with E-state index in [-0.39, 0.29) is 18.1 Å². The summed E-state index contributed by atoms with van der Waals surface area (Å²) >= 11 is 1.29. The number of aromatic nitrogens is 1. The van der Waals surface area contributed by atoms with Crippen LogP contribution in [0.5, 0.6) is 0 Å². The largest absolute Gasteiger partial charge is 0.375 e. The van der Waals surface area contributed by atoms with Crippen LogP contribution in [0.25, 0.3) is 0 Å². The molecule has 0 bridgehead atoms. The molecule has 1 aromatic rings. The van der Waals surface area contributed by atoms with E-state index < -0.39 is 9.84 Å². The van der Waals surface area contributed by atoms with Crippen molar-refractivity contribution in [3.8, 4) is 0 Å². The minimum atomic E-state index is -2.96. The van der Waals surface area contributed by atoms with Crippen molar-refractivity contribution < 1.29 is 13.2 Å². The average Bonchev–Trinajstić information content (AvgIpc) is 2.57. The summed E-state index contributed by atoms with van der Waals surface area (Å²) in [4.78, 5) is 15.4. The number of nitrogens with zero attached hydrogens (tertiary/aromatic N) is 1. The lowest BCUT2D eigenvalue weighted by molar-refractivity contribution is -0.120. The third-order valence-corrected chi connectivity index (χ3v) is 3.68. The number of nitrogens with two attached hydrogens (primary N) is 1. The lowest BCUT2D eigenvalue weighted by Crippen LogP contribution is -2.27. The molecule has 6 nitrogen and oxygen atoms in total. The first-order chi connectivity index (χ1) is 7.87. The van der Waals surface area contributed by atoms with Crippen LogP contribution in [0, 0.1) is 0 Å². The van der Waals surface area contributed by atoms with Gasteiger partial charge in [-0.2, -0.15) is 0 Å². The Balaban J connectivity index is 2.22. The van der Waals surface area contributed by atoms with Gasteiger partial charge in [-0.05, 0) is 6.42 Å². The van der Waals surface area contributed by atoms with E-state index in [1.807, 2.05) is 0 Å². The van der Waals surface area contributed by atoms with Crippen molar-refractivity contribution in [2.24, 2.45) is 0 Å². The highest BCUT2D eigenvalue weighted by Gasteiger charge is 2.07. The molecule has 0 fully saturated rings. The van der Waals surface area contributed by atoms with Crippen molar-refractivity contribution >= 4 is 32.2 Å². The van der Waals surface area contributed by atoms with Gasteiger partial charge < -0.3 is 11.1 Å². The summed E-state index contributed by atoms with van der Waals surface area (Å²) in [5.74, 6) is -0.0967. The molecule has 1 amide bonds. The van der Waals surface area contributed by atoms with Gasteiger partial charge >= 0.3 is 0 Å². The van der Waals surface area contributed by atoms with Crippen LogP contribution in [0.1, 0.15) is 12.1 Å². The molecule has 0 radical (unpaired) electrons. The minimum absolute atomic E-state index is 0.0803. The van der Waals surface area contributed by atoms with Crippen molar-refractivity contribution in [1.29, 1.82) is 0 Å².